The quantitative estimate of drug-likeness (QED) is 0.864. The molecule has 0 bridgehead atoms. The Labute approximate surface area is 125 Å². The van der Waals surface area contributed by atoms with Gasteiger partial charge in [-0.3, -0.25) is 9.78 Å². The van der Waals surface area contributed by atoms with E-state index < -0.39 is 0 Å². The fourth-order valence-corrected chi connectivity index (χ4v) is 3.08. The normalized spacial score (nSPS) is 16.0. The second kappa shape index (κ2) is 5.32. The van der Waals surface area contributed by atoms with Crippen LogP contribution in [0, 0.1) is 13.8 Å². The summed E-state index contributed by atoms with van der Waals surface area (Å²) < 4.78 is 5.40. The minimum Gasteiger partial charge on any atom is -0.496 e. The first-order valence-electron chi connectivity index (χ1n) is 7.21. The van der Waals surface area contributed by atoms with Gasteiger partial charge in [0.25, 0.3) is 0 Å². The standard InChI is InChI=1S/C18H19NO2/c1-11-10-19-16(12(2)18(11)21-3)9-17(20)15-8-13-6-4-5-7-14(13)15/h4-7,10,15H,8-9H2,1-3H3. The highest BCUT2D eigenvalue weighted by atomic mass is 16.5. The summed E-state index contributed by atoms with van der Waals surface area (Å²) in [5.74, 6) is 1.12. The minimum atomic E-state index is 0.0368. The molecule has 1 heterocycles. The van der Waals surface area contributed by atoms with E-state index in [1.54, 1.807) is 13.3 Å². The summed E-state index contributed by atoms with van der Waals surface area (Å²) in [6.45, 7) is 3.93. The molecule has 21 heavy (non-hydrogen) atoms. The Morgan fingerprint density at radius 2 is 2.10 bits per heavy atom. The third-order valence-electron chi connectivity index (χ3n) is 4.33. The van der Waals surface area contributed by atoms with Crippen LogP contribution >= 0.6 is 0 Å². The summed E-state index contributed by atoms with van der Waals surface area (Å²) in [5, 5.41) is 0. The zero-order valence-electron chi connectivity index (χ0n) is 12.6. The summed E-state index contributed by atoms with van der Waals surface area (Å²) in [5.41, 5.74) is 5.27. The molecule has 1 aromatic carbocycles. The third-order valence-corrected chi connectivity index (χ3v) is 4.33. The van der Waals surface area contributed by atoms with E-state index in [1.807, 2.05) is 26.0 Å². The molecule has 3 heteroatoms. The molecule has 1 unspecified atom stereocenters. The molecule has 0 saturated carbocycles. The number of nitrogens with zero attached hydrogens (tertiary/aromatic N) is 1. The first-order chi connectivity index (χ1) is 10.1. The SMILES string of the molecule is COc1c(C)cnc(CC(=O)C2Cc3ccccc32)c1C. The number of pyridine rings is 1. The van der Waals surface area contributed by atoms with Crippen molar-refractivity contribution >= 4 is 5.78 Å². The number of ketones is 1. The number of aryl methyl sites for hydroxylation is 1. The Bertz CT molecular complexity index is 706. The van der Waals surface area contributed by atoms with Crippen LogP contribution in [0.3, 0.4) is 0 Å². The van der Waals surface area contributed by atoms with Crippen molar-refractivity contribution in [2.75, 3.05) is 7.11 Å². The molecule has 0 amide bonds. The zero-order valence-corrected chi connectivity index (χ0v) is 12.6. The molecule has 0 N–H and O–H groups in total. The Morgan fingerprint density at radius 1 is 1.33 bits per heavy atom. The average molecular weight is 281 g/mol. The van der Waals surface area contributed by atoms with Gasteiger partial charge in [0.05, 0.1) is 12.8 Å². The van der Waals surface area contributed by atoms with Gasteiger partial charge >= 0.3 is 0 Å². The van der Waals surface area contributed by atoms with Crippen LogP contribution in [0.2, 0.25) is 0 Å². The van der Waals surface area contributed by atoms with Crippen LogP contribution in [0.1, 0.15) is 33.9 Å². The fraction of sp³-hybridized carbons (Fsp3) is 0.333. The highest BCUT2D eigenvalue weighted by molar-refractivity contribution is 5.90. The van der Waals surface area contributed by atoms with E-state index >= 15 is 0 Å². The molecule has 1 aliphatic carbocycles. The van der Waals surface area contributed by atoms with Crippen LogP contribution in [-0.4, -0.2) is 17.9 Å². The third kappa shape index (κ3) is 2.33. The number of Topliss-reactive ketones (excluding diaryl/α,β-unsaturated/α-hetero) is 1. The van der Waals surface area contributed by atoms with E-state index in [2.05, 4.69) is 17.1 Å². The molecule has 0 radical (unpaired) electrons. The van der Waals surface area contributed by atoms with Crippen molar-refractivity contribution in [2.45, 2.75) is 32.6 Å². The van der Waals surface area contributed by atoms with Gasteiger partial charge < -0.3 is 4.74 Å². The van der Waals surface area contributed by atoms with Gasteiger partial charge in [-0.1, -0.05) is 24.3 Å². The van der Waals surface area contributed by atoms with Crippen molar-refractivity contribution in [3.05, 3.63) is 58.4 Å². The molecule has 1 aliphatic rings. The molecule has 0 fully saturated rings. The number of fused-ring (bicyclic) bond motifs is 1. The van der Waals surface area contributed by atoms with E-state index in [1.165, 1.54) is 11.1 Å². The number of carbonyl (C=O) groups excluding carboxylic acids is 1. The Balaban J connectivity index is 1.81. The predicted molar refractivity (Wildman–Crippen MR) is 81.9 cm³/mol. The molecular weight excluding hydrogens is 262 g/mol. The van der Waals surface area contributed by atoms with Gasteiger partial charge in [0.1, 0.15) is 11.5 Å². The number of methoxy groups -OCH3 is 1. The molecule has 3 rings (SSSR count). The molecule has 0 saturated heterocycles. The van der Waals surface area contributed by atoms with E-state index in [4.69, 9.17) is 4.74 Å². The average Bonchev–Trinajstić information content (AvgIpc) is 2.44. The van der Waals surface area contributed by atoms with E-state index in [0.717, 1.165) is 29.0 Å². The largest absolute Gasteiger partial charge is 0.496 e. The number of aromatic nitrogens is 1. The Morgan fingerprint density at radius 3 is 2.81 bits per heavy atom. The van der Waals surface area contributed by atoms with Gasteiger partial charge in [0.15, 0.2) is 0 Å². The number of benzene rings is 1. The molecule has 3 nitrogen and oxygen atoms in total. The monoisotopic (exact) mass is 281 g/mol. The van der Waals surface area contributed by atoms with Crippen LogP contribution in [0.4, 0.5) is 0 Å². The maximum atomic E-state index is 12.5. The fourth-order valence-electron chi connectivity index (χ4n) is 3.08. The van der Waals surface area contributed by atoms with Crippen molar-refractivity contribution in [1.82, 2.24) is 4.98 Å². The predicted octanol–water partition coefficient (Wildman–Crippen LogP) is 3.16. The first-order valence-corrected chi connectivity index (χ1v) is 7.21. The van der Waals surface area contributed by atoms with Gasteiger partial charge in [-0.15, -0.1) is 0 Å². The smallest absolute Gasteiger partial charge is 0.146 e. The van der Waals surface area contributed by atoms with Crippen molar-refractivity contribution in [1.29, 1.82) is 0 Å². The molecule has 1 aromatic heterocycles. The zero-order chi connectivity index (χ0) is 15.0. The molecular formula is C18H19NO2. The van der Waals surface area contributed by atoms with Gasteiger partial charge in [-0.2, -0.15) is 0 Å². The summed E-state index contributed by atoms with van der Waals surface area (Å²) >= 11 is 0. The van der Waals surface area contributed by atoms with Crippen LogP contribution in [-0.2, 0) is 17.6 Å². The second-order valence-corrected chi connectivity index (χ2v) is 5.64. The molecule has 0 aliphatic heterocycles. The molecule has 2 aromatic rings. The lowest BCUT2D eigenvalue weighted by Crippen LogP contribution is -2.26. The Kier molecular flexibility index (Phi) is 3.50. The molecule has 108 valence electrons. The highest BCUT2D eigenvalue weighted by Crippen LogP contribution is 2.36. The van der Waals surface area contributed by atoms with Crippen molar-refractivity contribution < 1.29 is 9.53 Å². The lowest BCUT2D eigenvalue weighted by Gasteiger charge is -2.29. The maximum absolute atomic E-state index is 12.5. The van der Waals surface area contributed by atoms with E-state index in [9.17, 15) is 4.79 Å². The highest BCUT2D eigenvalue weighted by Gasteiger charge is 2.31. The summed E-state index contributed by atoms with van der Waals surface area (Å²) in [6.07, 6.45) is 3.02. The van der Waals surface area contributed by atoms with Gasteiger partial charge in [0.2, 0.25) is 0 Å². The number of hydrogen-bond donors (Lipinski definition) is 0. The van der Waals surface area contributed by atoms with Crippen LogP contribution in [0.15, 0.2) is 30.5 Å². The second-order valence-electron chi connectivity index (χ2n) is 5.64. The first kappa shape index (κ1) is 13.8. The number of rotatable bonds is 4. The van der Waals surface area contributed by atoms with E-state index in [0.29, 0.717) is 6.42 Å². The topological polar surface area (TPSA) is 39.2 Å². The number of hydrogen-bond acceptors (Lipinski definition) is 3. The van der Waals surface area contributed by atoms with Crippen LogP contribution in [0.25, 0.3) is 0 Å². The van der Waals surface area contributed by atoms with Crippen molar-refractivity contribution in [2.24, 2.45) is 0 Å². The Hall–Kier alpha value is -2.16. The van der Waals surface area contributed by atoms with Crippen LogP contribution in [0.5, 0.6) is 5.75 Å². The molecule has 1 atom stereocenters. The van der Waals surface area contributed by atoms with Gasteiger partial charge in [-0.05, 0) is 31.4 Å². The maximum Gasteiger partial charge on any atom is 0.146 e. The lowest BCUT2D eigenvalue weighted by atomic mass is 9.74. The molecule has 0 spiro atoms. The number of ether oxygens (including phenoxy) is 1. The summed E-state index contributed by atoms with van der Waals surface area (Å²) in [6, 6.07) is 8.17. The lowest BCUT2D eigenvalue weighted by molar-refractivity contribution is -0.120. The van der Waals surface area contributed by atoms with Crippen molar-refractivity contribution in [3.8, 4) is 5.75 Å². The van der Waals surface area contributed by atoms with Gasteiger partial charge in [-0.25, -0.2) is 0 Å². The minimum absolute atomic E-state index is 0.0368. The van der Waals surface area contributed by atoms with Gasteiger partial charge in [0, 0.05) is 29.7 Å². The summed E-state index contributed by atoms with van der Waals surface area (Å²) in [7, 11) is 1.66. The van der Waals surface area contributed by atoms with Crippen LogP contribution < -0.4 is 4.74 Å². The van der Waals surface area contributed by atoms with E-state index in [-0.39, 0.29) is 11.7 Å². The summed E-state index contributed by atoms with van der Waals surface area (Å²) in [4.78, 5) is 16.9. The van der Waals surface area contributed by atoms with Crippen molar-refractivity contribution in [3.63, 3.8) is 0 Å². The number of carbonyl (C=O) groups is 1.